The van der Waals surface area contributed by atoms with Gasteiger partial charge >= 0.3 is 469 Å². The standard InChI is InChI=1S/C35H23N2PS.2C35H23N2PSe/c39-38(25-14-3-1-4-15-25,26-16-5-2-6-17-26)34-27-18-8-7-13-24(27)23-29-33(34)28-19-9-11-21-31(28)37-32-22-12-10-20-30(32)36-35(29)37;39-38(25-13-3-1-4-14-25,26-15-5-2-6-16-26)34-21-11-12-24-22-30-29(23-28(24)34)27-17-7-9-19-32(27)37-33-20-10-8-18-31(33)36-35(30)37;39-38(26-14-3-1-4-15-26,27-16-5-2-6-17-27)33-21-11-20-32-34(33)28-22-24-12-7-8-13-25(24)23-29(28)35-36-30-18-9-10-19-31(30)37(32)35/h3*1-23H. The van der Waals surface area contributed by atoms with Crippen LogP contribution in [-0.2, 0) is 11.8 Å². The molecule has 0 radical (unpaired) electrons. The predicted molar refractivity (Wildman–Crippen MR) is 511 cm³/mol. The van der Waals surface area contributed by atoms with Gasteiger partial charge in [0.15, 0.2) is 0 Å². The number of rotatable bonds is 9. The monoisotopic (exact) mass is 1700 g/mol. The molecular formula is C105H69N6P3SSe2. The summed E-state index contributed by atoms with van der Waals surface area (Å²) in [5.41, 5.74) is 8.77. The van der Waals surface area contributed by atoms with Crippen LogP contribution in [0, 0.1) is 0 Å². The van der Waals surface area contributed by atoms with Gasteiger partial charge in [0.25, 0.3) is 0 Å². The van der Waals surface area contributed by atoms with E-state index in [1.54, 1.807) is 0 Å². The zero-order valence-electron chi connectivity index (χ0n) is 63.1. The first-order chi connectivity index (χ1) is 57.7. The van der Waals surface area contributed by atoms with Gasteiger partial charge in [0.2, 0.25) is 0 Å². The summed E-state index contributed by atoms with van der Waals surface area (Å²) in [6, 6.07) is 148. The van der Waals surface area contributed by atoms with Crippen molar-refractivity contribution in [3.05, 3.63) is 419 Å². The summed E-state index contributed by atoms with van der Waals surface area (Å²) in [6.07, 6.45) is 0. The Kier molecular flexibility index (Phi) is 17.6. The Morgan fingerprint density at radius 2 is 0.530 bits per heavy atom. The van der Waals surface area contributed by atoms with Crippen LogP contribution in [0.4, 0.5) is 0 Å². The first-order valence-electron chi connectivity index (χ1n) is 39.3. The van der Waals surface area contributed by atoms with Crippen molar-refractivity contribution in [1.29, 1.82) is 0 Å². The van der Waals surface area contributed by atoms with Gasteiger partial charge in [-0.2, -0.15) is 0 Å². The molecule has 0 aliphatic rings. The maximum atomic E-state index is 6.99. The van der Waals surface area contributed by atoms with Crippen molar-refractivity contribution in [3.8, 4) is 0 Å². The quantitative estimate of drug-likeness (QED) is 0.0625. The van der Waals surface area contributed by atoms with Gasteiger partial charge in [-0.3, -0.25) is 4.40 Å². The summed E-state index contributed by atoms with van der Waals surface area (Å²) in [4.78, 5) is 15.5. The Labute approximate surface area is 695 Å². The Morgan fingerprint density at radius 3 is 1.03 bits per heavy atom. The molecule has 0 N–H and O–H groups in total. The first kappa shape index (κ1) is 71.3. The minimum atomic E-state index is -2.49. The first-order valence-corrected chi connectivity index (χ1v) is 50.1. The molecule has 0 spiro atoms. The van der Waals surface area contributed by atoms with Crippen LogP contribution in [0.5, 0.6) is 0 Å². The SMILES string of the molecule is S=P(c1ccccc1)(c1ccccc1)c1c2ccccc2cc2c1c1ccccc1n1c3ccccc3nc21.[Se]=P(c1ccccc1)(c1ccccc1)c1cccc2c1c1cc3ccccc3cc1c1nc3ccccc3n21.[Se]=P(c1ccccc1)(c1ccccc1)c1cccc2cc3c(cc12)c1ccccc1n1c2ccccc2nc31. The summed E-state index contributed by atoms with van der Waals surface area (Å²) in [5.74, 6) is 0. The summed E-state index contributed by atoms with van der Waals surface area (Å²) in [6.45, 7) is 0. The van der Waals surface area contributed by atoms with E-state index in [0.29, 0.717) is 0 Å². The van der Waals surface area contributed by atoms with E-state index >= 15 is 0 Å². The molecule has 0 fully saturated rings. The van der Waals surface area contributed by atoms with E-state index < -0.39 is 17.1 Å². The van der Waals surface area contributed by atoms with Crippen LogP contribution in [0.1, 0.15) is 0 Å². The Balaban J connectivity index is 0.000000106. The van der Waals surface area contributed by atoms with Gasteiger partial charge in [-0.05, 0) is 45.6 Å². The molecule has 18 aromatic carbocycles. The van der Waals surface area contributed by atoms with Gasteiger partial charge in [-0.1, -0.05) is 127 Å². The molecule has 24 aromatic rings. The topological polar surface area (TPSA) is 51.9 Å². The zero-order valence-corrected chi connectivity index (χ0v) is 70.0. The van der Waals surface area contributed by atoms with Crippen LogP contribution in [0.15, 0.2) is 419 Å². The second kappa shape index (κ2) is 28.9. The second-order valence-electron chi connectivity index (χ2n) is 29.8. The summed E-state index contributed by atoms with van der Waals surface area (Å²) in [7, 11) is 0. The molecule has 6 heterocycles. The third kappa shape index (κ3) is 11.4. The van der Waals surface area contributed by atoms with Gasteiger partial charge in [0.05, 0.1) is 16.6 Å². The molecule has 12 heteroatoms. The van der Waals surface area contributed by atoms with Crippen molar-refractivity contribution in [2.45, 2.75) is 0 Å². The number of pyridine rings is 3. The van der Waals surface area contributed by atoms with Crippen LogP contribution < -0.4 is 47.7 Å². The van der Waals surface area contributed by atoms with Crippen molar-refractivity contribution in [2.75, 3.05) is 0 Å². The fourth-order valence-electron chi connectivity index (χ4n) is 18.2. The van der Waals surface area contributed by atoms with Crippen molar-refractivity contribution in [3.63, 3.8) is 0 Å². The van der Waals surface area contributed by atoms with E-state index in [0.717, 1.165) is 60.9 Å². The van der Waals surface area contributed by atoms with Crippen LogP contribution in [-0.4, -0.2) is 58.4 Å². The average Bonchev–Trinajstić information content (AvgIpc) is 1.70. The molecule has 0 aliphatic heterocycles. The number of hydrogen-bond donors (Lipinski definition) is 0. The van der Waals surface area contributed by atoms with Gasteiger partial charge in [0, 0.05) is 27.5 Å². The summed E-state index contributed by atoms with van der Waals surface area (Å²) in [5, 5.41) is 30.0. The van der Waals surface area contributed by atoms with E-state index in [-0.39, 0.29) is 0 Å². The van der Waals surface area contributed by atoms with Crippen LogP contribution in [0.25, 0.3) is 147 Å². The van der Waals surface area contributed by atoms with Gasteiger partial charge < -0.3 is 0 Å². The number of nitrogens with zero attached hydrogens (tertiary/aromatic N) is 6. The normalized spacial score (nSPS) is 12.2. The number of imidazole rings is 3. The Bertz CT molecular complexity index is 8160. The van der Waals surface area contributed by atoms with E-state index in [1.165, 1.54) is 134 Å². The van der Waals surface area contributed by atoms with E-state index in [2.05, 4.69) is 462 Å². The molecule has 0 unspecified atom stereocenters. The van der Waals surface area contributed by atoms with E-state index in [9.17, 15) is 0 Å². The molecule has 6 nitrogen and oxygen atoms in total. The number of benzene rings is 18. The molecule has 0 amide bonds. The zero-order chi connectivity index (χ0) is 77.9. The van der Waals surface area contributed by atoms with Gasteiger partial charge in [-0.15, -0.1) is 0 Å². The summed E-state index contributed by atoms with van der Waals surface area (Å²) < 4.78 is 7.01. The van der Waals surface area contributed by atoms with Crippen LogP contribution in [0.3, 0.4) is 0 Å². The van der Waals surface area contributed by atoms with Crippen LogP contribution >= 0.6 is 17.1 Å². The molecule has 0 saturated heterocycles. The van der Waals surface area contributed by atoms with Crippen molar-refractivity contribution in [2.24, 2.45) is 0 Å². The molecule has 0 atom stereocenters. The van der Waals surface area contributed by atoms with Crippen molar-refractivity contribution < 1.29 is 0 Å². The molecule has 24 rings (SSSR count). The molecule has 0 bridgehead atoms. The van der Waals surface area contributed by atoms with E-state index in [1.807, 2.05) is 0 Å². The number of para-hydroxylation sites is 8. The molecular weight excluding hydrogens is 1630 g/mol. The molecule has 552 valence electrons. The average molecular weight is 1700 g/mol. The number of fused-ring (bicyclic) bond motifs is 27. The predicted octanol–water partition coefficient (Wildman–Crippen LogP) is 22.4. The van der Waals surface area contributed by atoms with Crippen LogP contribution in [0.2, 0.25) is 0 Å². The molecule has 117 heavy (non-hydrogen) atoms. The molecule has 0 saturated carbocycles. The fourth-order valence-corrected chi connectivity index (χ4v) is 33.4. The fraction of sp³-hybridized carbons (Fsp3) is 0. The minimum absolute atomic E-state index is 0.972. The van der Waals surface area contributed by atoms with Crippen molar-refractivity contribution >= 4 is 254 Å². The van der Waals surface area contributed by atoms with E-state index in [4.69, 9.17) is 26.8 Å². The molecule has 0 aliphatic carbocycles. The third-order valence-electron chi connectivity index (χ3n) is 23.4. The maximum absolute atomic E-state index is 6.99. The Morgan fingerprint density at radius 1 is 0.214 bits per heavy atom. The second-order valence-corrected chi connectivity index (χ2v) is 46.5. The third-order valence-corrected chi connectivity index (χ3v) is 42.4. The number of hydrogen-bond acceptors (Lipinski definition) is 4. The summed E-state index contributed by atoms with van der Waals surface area (Å²) >= 11 is 14.5. The van der Waals surface area contributed by atoms with Gasteiger partial charge in [0.1, 0.15) is 5.65 Å². The van der Waals surface area contributed by atoms with Gasteiger partial charge in [-0.25, -0.2) is 4.98 Å². The molecule has 6 aromatic heterocycles. The van der Waals surface area contributed by atoms with Crippen molar-refractivity contribution in [1.82, 2.24) is 28.2 Å². The Hall–Kier alpha value is -12.3. The number of aromatic nitrogens is 6.